The Balaban J connectivity index is 1.38. The van der Waals surface area contributed by atoms with Gasteiger partial charge < -0.3 is 10.6 Å². The van der Waals surface area contributed by atoms with E-state index < -0.39 is 17.6 Å². The molecular formula is C20H24FN3O2S. The third-order valence-electron chi connectivity index (χ3n) is 4.85. The number of hydrogen-bond acceptors (Lipinski definition) is 4. The van der Waals surface area contributed by atoms with Gasteiger partial charge in [0.05, 0.1) is 0 Å². The number of rotatable bonds is 5. The molecule has 5 nitrogen and oxygen atoms in total. The zero-order chi connectivity index (χ0) is 19.2. The molecule has 2 aromatic rings. The lowest BCUT2D eigenvalue weighted by Gasteiger charge is -2.31. The second-order valence-electron chi connectivity index (χ2n) is 6.93. The Kier molecular flexibility index (Phi) is 6.58. The first-order valence-electron chi connectivity index (χ1n) is 9.11. The maximum Gasteiger partial charge on any atom is 0.313 e. The molecule has 0 aliphatic carbocycles. The van der Waals surface area contributed by atoms with Gasteiger partial charge in [-0.2, -0.15) is 0 Å². The fourth-order valence-electron chi connectivity index (χ4n) is 3.15. The van der Waals surface area contributed by atoms with Gasteiger partial charge in [0.2, 0.25) is 0 Å². The van der Waals surface area contributed by atoms with Crippen LogP contribution in [0.15, 0.2) is 35.7 Å². The number of carbonyl (C=O) groups is 2. The van der Waals surface area contributed by atoms with E-state index in [0.717, 1.165) is 32.5 Å². The molecule has 1 aromatic heterocycles. The normalized spacial score (nSPS) is 15.5. The van der Waals surface area contributed by atoms with Gasteiger partial charge in [-0.3, -0.25) is 14.5 Å². The minimum atomic E-state index is -0.770. The summed E-state index contributed by atoms with van der Waals surface area (Å²) in [5, 5.41) is 7.22. The van der Waals surface area contributed by atoms with Crippen molar-refractivity contribution in [3.05, 3.63) is 52.0 Å². The third-order valence-corrected chi connectivity index (χ3v) is 5.72. The molecule has 1 aliphatic heterocycles. The van der Waals surface area contributed by atoms with Crippen molar-refractivity contribution >= 4 is 28.8 Å². The molecule has 0 bridgehead atoms. The van der Waals surface area contributed by atoms with Gasteiger partial charge >= 0.3 is 11.8 Å². The van der Waals surface area contributed by atoms with E-state index in [9.17, 15) is 14.0 Å². The molecule has 0 unspecified atom stereocenters. The zero-order valence-corrected chi connectivity index (χ0v) is 16.2. The molecule has 0 atom stereocenters. The summed E-state index contributed by atoms with van der Waals surface area (Å²) in [6.45, 7) is 5.09. The molecule has 27 heavy (non-hydrogen) atoms. The highest BCUT2D eigenvalue weighted by molar-refractivity contribution is 7.09. The van der Waals surface area contributed by atoms with E-state index in [1.807, 2.05) is 0 Å². The minimum Gasteiger partial charge on any atom is -0.348 e. The predicted molar refractivity (Wildman–Crippen MR) is 105 cm³/mol. The number of carbonyl (C=O) groups excluding carboxylic acids is 2. The van der Waals surface area contributed by atoms with Gasteiger partial charge in [0.1, 0.15) is 5.82 Å². The van der Waals surface area contributed by atoms with Gasteiger partial charge in [0.25, 0.3) is 0 Å². The van der Waals surface area contributed by atoms with Crippen LogP contribution in [0.5, 0.6) is 0 Å². The number of likely N-dealkylation sites (tertiary alicyclic amines) is 1. The van der Waals surface area contributed by atoms with Crippen molar-refractivity contribution in [2.24, 2.45) is 5.92 Å². The lowest BCUT2D eigenvalue weighted by molar-refractivity contribution is -0.136. The standard InChI is InChI=1S/C20H24FN3O2S/c1-14-4-5-16(11-18(14)21)23-20(26)19(25)22-12-15-6-8-24(9-7-15)13-17-3-2-10-27-17/h2-5,10-11,15H,6-9,12-13H2,1H3,(H,22,25)(H,23,26). The van der Waals surface area contributed by atoms with Crippen LogP contribution in [0, 0.1) is 18.7 Å². The topological polar surface area (TPSA) is 61.4 Å². The summed E-state index contributed by atoms with van der Waals surface area (Å²) in [6.07, 6.45) is 1.99. The summed E-state index contributed by atoms with van der Waals surface area (Å²) in [7, 11) is 0. The smallest absolute Gasteiger partial charge is 0.313 e. The number of hydrogen-bond donors (Lipinski definition) is 2. The van der Waals surface area contributed by atoms with E-state index in [0.29, 0.717) is 18.0 Å². The quantitative estimate of drug-likeness (QED) is 0.773. The molecule has 1 saturated heterocycles. The Morgan fingerprint density at radius 3 is 2.67 bits per heavy atom. The summed E-state index contributed by atoms with van der Waals surface area (Å²) in [6, 6.07) is 8.57. The van der Waals surface area contributed by atoms with E-state index in [2.05, 4.69) is 33.0 Å². The SMILES string of the molecule is Cc1ccc(NC(=O)C(=O)NCC2CCN(Cc3cccs3)CC2)cc1F. The van der Waals surface area contributed by atoms with Crippen LogP contribution in [0.25, 0.3) is 0 Å². The first-order valence-corrected chi connectivity index (χ1v) is 9.99. The molecule has 2 amide bonds. The van der Waals surface area contributed by atoms with Crippen LogP contribution >= 0.6 is 11.3 Å². The van der Waals surface area contributed by atoms with Gasteiger partial charge in [-0.05, 0) is 67.9 Å². The second kappa shape index (κ2) is 9.10. The van der Waals surface area contributed by atoms with Crippen LogP contribution in [0.3, 0.4) is 0 Å². The minimum absolute atomic E-state index is 0.278. The van der Waals surface area contributed by atoms with Crippen LogP contribution in [-0.2, 0) is 16.1 Å². The lowest BCUT2D eigenvalue weighted by Crippen LogP contribution is -2.41. The number of nitrogens with zero attached hydrogens (tertiary/aromatic N) is 1. The maximum absolute atomic E-state index is 13.5. The fraction of sp³-hybridized carbons (Fsp3) is 0.400. The van der Waals surface area contributed by atoms with Crippen LogP contribution in [0.2, 0.25) is 0 Å². The number of nitrogens with one attached hydrogen (secondary N) is 2. The summed E-state index contributed by atoms with van der Waals surface area (Å²) in [4.78, 5) is 27.7. The van der Waals surface area contributed by atoms with Crippen molar-refractivity contribution in [3.63, 3.8) is 0 Å². The molecule has 1 aliphatic rings. The monoisotopic (exact) mass is 389 g/mol. The van der Waals surface area contributed by atoms with E-state index in [1.54, 1.807) is 30.4 Å². The summed E-state index contributed by atoms with van der Waals surface area (Å²) in [5.74, 6) is -1.49. The molecule has 7 heteroatoms. The molecule has 2 N–H and O–H groups in total. The van der Waals surface area contributed by atoms with Crippen LogP contribution in [0.4, 0.5) is 10.1 Å². The average Bonchev–Trinajstić information content (AvgIpc) is 3.17. The van der Waals surface area contributed by atoms with Gasteiger partial charge in [-0.1, -0.05) is 12.1 Å². The molecular weight excluding hydrogens is 365 g/mol. The highest BCUT2D eigenvalue weighted by Crippen LogP contribution is 2.20. The molecule has 0 radical (unpaired) electrons. The van der Waals surface area contributed by atoms with Crippen LogP contribution in [0.1, 0.15) is 23.3 Å². The Labute approximate surface area is 162 Å². The number of amides is 2. The molecule has 0 spiro atoms. The predicted octanol–water partition coefficient (Wildman–Crippen LogP) is 3.16. The molecule has 1 aromatic carbocycles. The zero-order valence-electron chi connectivity index (χ0n) is 15.3. The number of piperidine rings is 1. The van der Waals surface area contributed by atoms with Crippen molar-refractivity contribution in [1.29, 1.82) is 0 Å². The van der Waals surface area contributed by atoms with Gasteiger partial charge in [0, 0.05) is 23.7 Å². The Morgan fingerprint density at radius 2 is 2.00 bits per heavy atom. The number of thiophene rings is 1. The van der Waals surface area contributed by atoms with Crippen molar-refractivity contribution in [3.8, 4) is 0 Å². The first-order chi connectivity index (χ1) is 13.0. The summed E-state index contributed by atoms with van der Waals surface area (Å²) >= 11 is 1.77. The number of anilines is 1. The fourth-order valence-corrected chi connectivity index (χ4v) is 3.89. The molecule has 3 rings (SSSR count). The first kappa shape index (κ1) is 19.5. The van der Waals surface area contributed by atoms with E-state index in [1.165, 1.54) is 10.9 Å². The maximum atomic E-state index is 13.5. The average molecular weight is 389 g/mol. The largest absolute Gasteiger partial charge is 0.348 e. The Bertz CT molecular complexity index is 787. The summed E-state index contributed by atoms with van der Waals surface area (Å²) < 4.78 is 13.5. The summed E-state index contributed by atoms with van der Waals surface area (Å²) in [5.41, 5.74) is 0.767. The van der Waals surface area contributed by atoms with Crippen molar-refractivity contribution in [2.45, 2.75) is 26.3 Å². The van der Waals surface area contributed by atoms with Crippen molar-refractivity contribution < 1.29 is 14.0 Å². The Hall–Kier alpha value is -2.25. The lowest BCUT2D eigenvalue weighted by atomic mass is 9.97. The number of aryl methyl sites for hydroxylation is 1. The van der Waals surface area contributed by atoms with Crippen molar-refractivity contribution in [1.82, 2.24) is 10.2 Å². The third kappa shape index (κ3) is 5.61. The molecule has 1 fully saturated rings. The van der Waals surface area contributed by atoms with Gasteiger partial charge in [-0.15, -0.1) is 11.3 Å². The van der Waals surface area contributed by atoms with Crippen molar-refractivity contribution in [2.75, 3.05) is 25.0 Å². The molecule has 2 heterocycles. The molecule has 144 valence electrons. The number of halogens is 1. The highest BCUT2D eigenvalue weighted by Gasteiger charge is 2.21. The second-order valence-corrected chi connectivity index (χ2v) is 7.96. The van der Waals surface area contributed by atoms with Crippen LogP contribution < -0.4 is 10.6 Å². The van der Waals surface area contributed by atoms with E-state index in [-0.39, 0.29) is 5.69 Å². The van der Waals surface area contributed by atoms with E-state index in [4.69, 9.17) is 0 Å². The Morgan fingerprint density at radius 1 is 1.22 bits per heavy atom. The van der Waals surface area contributed by atoms with Gasteiger partial charge in [0.15, 0.2) is 0 Å². The van der Waals surface area contributed by atoms with Crippen LogP contribution in [-0.4, -0.2) is 36.3 Å². The van der Waals surface area contributed by atoms with Gasteiger partial charge in [-0.25, -0.2) is 4.39 Å². The highest BCUT2D eigenvalue weighted by atomic mass is 32.1. The molecule has 0 saturated carbocycles. The van der Waals surface area contributed by atoms with E-state index >= 15 is 0 Å². The number of benzene rings is 1.